The van der Waals surface area contributed by atoms with E-state index in [-0.39, 0.29) is 0 Å². The second-order valence-corrected chi connectivity index (χ2v) is 4.72. The summed E-state index contributed by atoms with van der Waals surface area (Å²) in [5, 5.41) is 9.52. The first-order valence-corrected chi connectivity index (χ1v) is 7.26. The van der Waals surface area contributed by atoms with E-state index in [0.29, 0.717) is 18.8 Å². The minimum Gasteiger partial charge on any atom is -0.476 e. The maximum atomic E-state index is 11.6. The number of carboxylic acids is 1. The molecule has 0 aliphatic heterocycles. The molecule has 0 spiro atoms. The van der Waals surface area contributed by atoms with Gasteiger partial charge in [0, 0.05) is 13.0 Å². The molecule has 1 N–H and O–H groups in total. The van der Waals surface area contributed by atoms with Crippen molar-refractivity contribution in [3.8, 4) is 5.75 Å². The molecule has 0 aliphatic rings. The van der Waals surface area contributed by atoms with Crippen LogP contribution < -0.4 is 4.74 Å². The first kappa shape index (κ1) is 16.5. The van der Waals surface area contributed by atoms with E-state index < -0.39 is 11.8 Å². The van der Waals surface area contributed by atoms with Crippen molar-refractivity contribution in [3.05, 3.63) is 30.3 Å². The molecule has 1 rings (SSSR count). The van der Waals surface area contributed by atoms with Crippen LogP contribution in [0.15, 0.2) is 30.3 Å². The molecule has 0 bridgehead atoms. The van der Waals surface area contributed by atoms with Gasteiger partial charge in [-0.25, -0.2) is 4.79 Å². The van der Waals surface area contributed by atoms with Crippen molar-refractivity contribution in [1.29, 1.82) is 0 Å². The number of hydrogen-bond donors (Lipinski definition) is 1. The van der Waals surface area contributed by atoms with Gasteiger partial charge in [0.2, 0.25) is 0 Å². The monoisotopic (exact) mass is 280 g/mol. The molecule has 1 unspecified atom stereocenters. The summed E-state index contributed by atoms with van der Waals surface area (Å²) < 4.78 is 11.1. The number of carbonyl (C=O) groups is 1. The van der Waals surface area contributed by atoms with E-state index in [0.717, 1.165) is 25.7 Å². The zero-order valence-electron chi connectivity index (χ0n) is 12.3. The summed E-state index contributed by atoms with van der Waals surface area (Å²) in [5.74, 6) is -2.14. The van der Waals surface area contributed by atoms with Crippen molar-refractivity contribution in [2.75, 3.05) is 6.61 Å². The van der Waals surface area contributed by atoms with Gasteiger partial charge in [0.15, 0.2) is 0 Å². The zero-order chi connectivity index (χ0) is 14.8. The first-order valence-electron chi connectivity index (χ1n) is 7.26. The Morgan fingerprint density at radius 2 is 1.85 bits per heavy atom. The summed E-state index contributed by atoms with van der Waals surface area (Å²) in [7, 11) is 0. The van der Waals surface area contributed by atoms with Crippen LogP contribution in [-0.2, 0) is 9.53 Å². The molecule has 1 atom stereocenters. The van der Waals surface area contributed by atoms with Crippen LogP contribution in [0.5, 0.6) is 5.75 Å². The predicted octanol–water partition coefficient (Wildman–Crippen LogP) is 3.85. The third-order valence-electron chi connectivity index (χ3n) is 3.09. The predicted molar refractivity (Wildman–Crippen MR) is 77.8 cm³/mol. The molecule has 0 fully saturated rings. The van der Waals surface area contributed by atoms with Crippen LogP contribution in [0.1, 0.15) is 46.0 Å². The Labute approximate surface area is 120 Å². The Bertz CT molecular complexity index is 391. The van der Waals surface area contributed by atoms with E-state index in [1.54, 1.807) is 19.1 Å². The number of para-hydroxylation sites is 1. The van der Waals surface area contributed by atoms with Crippen LogP contribution in [0.4, 0.5) is 0 Å². The highest BCUT2D eigenvalue weighted by atomic mass is 16.7. The molecule has 1 aromatic rings. The van der Waals surface area contributed by atoms with Crippen molar-refractivity contribution in [1.82, 2.24) is 0 Å². The lowest BCUT2D eigenvalue weighted by Gasteiger charge is -2.29. The topological polar surface area (TPSA) is 55.8 Å². The average molecular weight is 280 g/mol. The molecule has 0 saturated carbocycles. The van der Waals surface area contributed by atoms with Gasteiger partial charge >= 0.3 is 11.8 Å². The summed E-state index contributed by atoms with van der Waals surface area (Å²) in [6, 6.07) is 8.96. The van der Waals surface area contributed by atoms with Crippen LogP contribution in [0.25, 0.3) is 0 Å². The van der Waals surface area contributed by atoms with E-state index in [1.807, 2.05) is 18.2 Å². The molecule has 0 radical (unpaired) electrons. The smallest absolute Gasteiger partial charge is 0.377 e. The van der Waals surface area contributed by atoms with Crippen LogP contribution >= 0.6 is 0 Å². The standard InChI is InChI=1S/C16H24O4/c1-3-5-6-10-13-16(15(17)18,19-4-2)20-14-11-8-7-9-12-14/h7-9,11-12H,3-6,10,13H2,1-2H3,(H,17,18). The minimum atomic E-state index is -1.58. The quantitative estimate of drug-likeness (QED) is 0.522. The van der Waals surface area contributed by atoms with Crippen LogP contribution in [0.3, 0.4) is 0 Å². The highest BCUT2D eigenvalue weighted by molar-refractivity contribution is 5.76. The molecule has 0 amide bonds. The second kappa shape index (κ2) is 8.59. The molecule has 0 aromatic heterocycles. The van der Waals surface area contributed by atoms with Gasteiger partial charge in [-0.1, -0.05) is 44.4 Å². The van der Waals surface area contributed by atoms with Gasteiger partial charge < -0.3 is 14.6 Å². The van der Waals surface area contributed by atoms with Gasteiger partial charge in [-0.2, -0.15) is 0 Å². The van der Waals surface area contributed by atoms with Crippen molar-refractivity contribution in [2.45, 2.75) is 51.7 Å². The van der Waals surface area contributed by atoms with E-state index in [2.05, 4.69) is 6.92 Å². The molecular formula is C16H24O4. The van der Waals surface area contributed by atoms with Gasteiger partial charge in [0.05, 0.1) is 0 Å². The molecule has 4 heteroatoms. The molecule has 20 heavy (non-hydrogen) atoms. The Hall–Kier alpha value is -1.55. The Morgan fingerprint density at radius 1 is 1.15 bits per heavy atom. The number of aliphatic carboxylic acids is 1. The lowest BCUT2D eigenvalue weighted by molar-refractivity contribution is -0.213. The van der Waals surface area contributed by atoms with Crippen LogP contribution in [0, 0.1) is 0 Å². The van der Waals surface area contributed by atoms with E-state index >= 15 is 0 Å². The summed E-state index contributed by atoms with van der Waals surface area (Å²) in [6.07, 6.45) is 4.30. The summed E-state index contributed by atoms with van der Waals surface area (Å²) in [6.45, 7) is 4.19. The number of ether oxygens (including phenoxy) is 2. The minimum absolute atomic E-state index is 0.299. The summed E-state index contributed by atoms with van der Waals surface area (Å²) in [5.41, 5.74) is 0. The van der Waals surface area contributed by atoms with Gasteiger partial charge in [-0.05, 0) is 25.5 Å². The van der Waals surface area contributed by atoms with Crippen molar-refractivity contribution in [2.24, 2.45) is 0 Å². The SMILES string of the molecule is CCCCCCC(OCC)(Oc1ccccc1)C(=O)O. The van der Waals surface area contributed by atoms with Crippen LogP contribution in [0.2, 0.25) is 0 Å². The fourth-order valence-corrected chi connectivity index (χ4v) is 2.06. The number of rotatable bonds is 10. The Balaban J connectivity index is 2.78. The van der Waals surface area contributed by atoms with Crippen molar-refractivity contribution < 1.29 is 19.4 Å². The maximum Gasteiger partial charge on any atom is 0.377 e. The van der Waals surface area contributed by atoms with Crippen molar-refractivity contribution in [3.63, 3.8) is 0 Å². The largest absolute Gasteiger partial charge is 0.476 e. The molecule has 1 aromatic carbocycles. The maximum absolute atomic E-state index is 11.6. The first-order chi connectivity index (χ1) is 9.64. The normalized spacial score (nSPS) is 13.7. The summed E-state index contributed by atoms with van der Waals surface area (Å²) >= 11 is 0. The highest BCUT2D eigenvalue weighted by Gasteiger charge is 2.41. The number of unbranched alkanes of at least 4 members (excludes halogenated alkanes) is 3. The molecule has 0 aliphatic carbocycles. The number of carboxylic acid groups (broad SMARTS) is 1. The molecule has 0 heterocycles. The lowest BCUT2D eigenvalue weighted by Crippen LogP contribution is -2.47. The van der Waals surface area contributed by atoms with Gasteiger partial charge in [0.25, 0.3) is 0 Å². The Kier molecular flexibility index (Phi) is 7.09. The fraction of sp³-hybridized carbons (Fsp3) is 0.562. The van der Waals surface area contributed by atoms with Gasteiger partial charge in [-0.15, -0.1) is 0 Å². The van der Waals surface area contributed by atoms with E-state index in [4.69, 9.17) is 9.47 Å². The molecular weight excluding hydrogens is 256 g/mol. The van der Waals surface area contributed by atoms with Gasteiger partial charge in [-0.3, -0.25) is 0 Å². The number of hydrogen-bond acceptors (Lipinski definition) is 3. The fourth-order valence-electron chi connectivity index (χ4n) is 2.06. The van der Waals surface area contributed by atoms with Crippen LogP contribution in [-0.4, -0.2) is 23.5 Å². The second-order valence-electron chi connectivity index (χ2n) is 4.72. The molecule has 0 saturated heterocycles. The van der Waals surface area contributed by atoms with E-state index in [1.165, 1.54) is 0 Å². The zero-order valence-corrected chi connectivity index (χ0v) is 12.3. The lowest BCUT2D eigenvalue weighted by atomic mass is 10.1. The molecule has 112 valence electrons. The summed E-state index contributed by atoms with van der Waals surface area (Å²) in [4.78, 5) is 11.6. The highest BCUT2D eigenvalue weighted by Crippen LogP contribution is 2.26. The van der Waals surface area contributed by atoms with Gasteiger partial charge in [0.1, 0.15) is 5.75 Å². The third kappa shape index (κ3) is 4.85. The van der Waals surface area contributed by atoms with E-state index in [9.17, 15) is 9.90 Å². The molecule has 4 nitrogen and oxygen atoms in total. The Morgan fingerprint density at radius 3 is 2.40 bits per heavy atom. The average Bonchev–Trinajstić information content (AvgIpc) is 2.44. The third-order valence-corrected chi connectivity index (χ3v) is 3.09. The number of benzene rings is 1. The van der Waals surface area contributed by atoms with Crippen molar-refractivity contribution >= 4 is 5.97 Å².